The number of aliphatic hydroxyl groups is 2. The maximum atomic E-state index is 12.1. The van der Waals surface area contributed by atoms with Crippen molar-refractivity contribution in [3.8, 4) is 0 Å². The Morgan fingerprint density at radius 2 is 2.22 bits per heavy atom. The van der Waals surface area contributed by atoms with Crippen LogP contribution in [-0.4, -0.2) is 43.5 Å². The highest BCUT2D eigenvalue weighted by atomic mass is 16.5. The van der Waals surface area contributed by atoms with Crippen molar-refractivity contribution in [2.75, 3.05) is 5.32 Å². The SMILES string of the molecule is C[C@H]1O[C@@H](n2ccc(NC(=O)CC(C)(C)O)nc2=O)CC[C@@H]1O. The fourth-order valence-corrected chi connectivity index (χ4v) is 2.44. The van der Waals surface area contributed by atoms with Crippen LogP contribution in [0.4, 0.5) is 5.82 Å². The lowest BCUT2D eigenvalue weighted by molar-refractivity contribution is -0.139. The van der Waals surface area contributed by atoms with E-state index in [-0.39, 0.29) is 18.3 Å². The van der Waals surface area contributed by atoms with Gasteiger partial charge in [0.05, 0.1) is 24.2 Å². The molecule has 1 aliphatic rings. The third kappa shape index (κ3) is 4.85. The van der Waals surface area contributed by atoms with E-state index >= 15 is 0 Å². The van der Waals surface area contributed by atoms with Gasteiger partial charge in [-0.3, -0.25) is 9.36 Å². The van der Waals surface area contributed by atoms with E-state index in [0.29, 0.717) is 12.8 Å². The van der Waals surface area contributed by atoms with Crippen LogP contribution < -0.4 is 11.0 Å². The van der Waals surface area contributed by atoms with Crippen LogP contribution in [0.2, 0.25) is 0 Å². The summed E-state index contributed by atoms with van der Waals surface area (Å²) < 4.78 is 6.95. The first-order valence-corrected chi connectivity index (χ1v) is 7.60. The number of carbonyl (C=O) groups excluding carboxylic acids is 1. The van der Waals surface area contributed by atoms with Gasteiger partial charge in [0, 0.05) is 6.20 Å². The van der Waals surface area contributed by atoms with Crippen molar-refractivity contribution in [3.05, 3.63) is 22.7 Å². The number of aromatic nitrogens is 2. The predicted molar refractivity (Wildman–Crippen MR) is 82.9 cm³/mol. The first kappa shape index (κ1) is 17.6. The number of hydrogen-bond donors (Lipinski definition) is 3. The Kier molecular flexibility index (Phi) is 5.18. The third-order valence-electron chi connectivity index (χ3n) is 3.62. The lowest BCUT2D eigenvalue weighted by Gasteiger charge is -2.32. The Labute approximate surface area is 134 Å². The second-order valence-corrected chi connectivity index (χ2v) is 6.48. The van der Waals surface area contributed by atoms with Gasteiger partial charge < -0.3 is 20.3 Å². The molecular formula is C15H23N3O5. The Hall–Kier alpha value is -1.77. The van der Waals surface area contributed by atoms with Gasteiger partial charge in [0.1, 0.15) is 12.0 Å². The average Bonchev–Trinajstić information content (AvgIpc) is 2.40. The van der Waals surface area contributed by atoms with Gasteiger partial charge in [0.15, 0.2) is 0 Å². The zero-order chi connectivity index (χ0) is 17.2. The van der Waals surface area contributed by atoms with Crippen molar-refractivity contribution in [2.24, 2.45) is 0 Å². The van der Waals surface area contributed by atoms with Crippen molar-refractivity contribution in [1.29, 1.82) is 0 Å². The van der Waals surface area contributed by atoms with Gasteiger partial charge in [-0.1, -0.05) is 0 Å². The minimum atomic E-state index is -1.13. The van der Waals surface area contributed by atoms with Crippen LogP contribution in [0.25, 0.3) is 0 Å². The molecule has 0 bridgehead atoms. The Bertz CT molecular complexity index is 622. The molecule has 0 radical (unpaired) electrons. The van der Waals surface area contributed by atoms with E-state index in [1.54, 1.807) is 6.92 Å². The molecule has 0 spiro atoms. The van der Waals surface area contributed by atoms with Crippen molar-refractivity contribution in [1.82, 2.24) is 9.55 Å². The zero-order valence-corrected chi connectivity index (χ0v) is 13.5. The van der Waals surface area contributed by atoms with Crippen LogP contribution in [0.3, 0.4) is 0 Å². The molecule has 2 rings (SSSR count). The van der Waals surface area contributed by atoms with Crippen LogP contribution >= 0.6 is 0 Å². The maximum Gasteiger partial charge on any atom is 0.351 e. The number of hydrogen-bond acceptors (Lipinski definition) is 6. The lowest BCUT2D eigenvalue weighted by atomic mass is 10.1. The lowest BCUT2D eigenvalue weighted by Crippen LogP contribution is -2.39. The van der Waals surface area contributed by atoms with E-state index in [0.717, 1.165) is 0 Å². The summed E-state index contributed by atoms with van der Waals surface area (Å²) >= 11 is 0. The molecule has 23 heavy (non-hydrogen) atoms. The molecule has 1 aromatic heterocycles. The minimum absolute atomic E-state index is 0.0983. The Balaban J connectivity index is 2.06. The molecule has 0 saturated carbocycles. The second-order valence-electron chi connectivity index (χ2n) is 6.48. The monoisotopic (exact) mass is 325 g/mol. The fraction of sp³-hybridized carbons (Fsp3) is 0.667. The first-order valence-electron chi connectivity index (χ1n) is 7.60. The summed E-state index contributed by atoms with van der Waals surface area (Å²) in [5.74, 6) is -0.294. The number of nitrogens with one attached hydrogen (secondary N) is 1. The molecule has 8 heteroatoms. The van der Waals surface area contributed by atoms with Gasteiger partial charge >= 0.3 is 5.69 Å². The van der Waals surface area contributed by atoms with Gasteiger partial charge in [0.2, 0.25) is 5.91 Å². The molecule has 8 nitrogen and oxygen atoms in total. The molecule has 1 aliphatic heterocycles. The van der Waals surface area contributed by atoms with Gasteiger partial charge in [-0.25, -0.2) is 4.79 Å². The van der Waals surface area contributed by atoms with Crippen LogP contribution in [0.5, 0.6) is 0 Å². The van der Waals surface area contributed by atoms with Crippen LogP contribution in [0.1, 0.15) is 46.3 Å². The minimum Gasteiger partial charge on any atom is -0.390 e. The van der Waals surface area contributed by atoms with Gasteiger partial charge in [-0.2, -0.15) is 4.98 Å². The van der Waals surface area contributed by atoms with Crippen LogP contribution in [0, 0.1) is 0 Å². The van der Waals surface area contributed by atoms with E-state index in [1.807, 2.05) is 0 Å². The number of rotatable bonds is 4. The summed E-state index contributed by atoms with van der Waals surface area (Å²) in [6, 6.07) is 1.50. The highest BCUT2D eigenvalue weighted by molar-refractivity contribution is 5.90. The van der Waals surface area contributed by atoms with Gasteiger partial charge in [0.25, 0.3) is 0 Å². The maximum absolute atomic E-state index is 12.1. The molecule has 0 unspecified atom stereocenters. The molecule has 3 atom stereocenters. The highest BCUT2D eigenvalue weighted by Crippen LogP contribution is 2.25. The number of amides is 1. The first-order chi connectivity index (χ1) is 10.7. The Morgan fingerprint density at radius 3 is 2.78 bits per heavy atom. The van der Waals surface area contributed by atoms with Crippen molar-refractivity contribution in [2.45, 2.75) is 64.1 Å². The molecular weight excluding hydrogens is 302 g/mol. The standard InChI is InChI=1S/C15H23N3O5/c1-9-10(19)4-5-13(23-9)18-7-6-11(17-14(18)21)16-12(20)8-15(2,3)22/h6-7,9-10,13,19,22H,4-5,8H2,1-3H3,(H,16,17,20,21)/t9-,10+,13-/m1/s1. The van der Waals surface area contributed by atoms with Gasteiger partial charge in [-0.05, 0) is 39.7 Å². The third-order valence-corrected chi connectivity index (χ3v) is 3.62. The van der Waals surface area contributed by atoms with Crippen LogP contribution in [-0.2, 0) is 9.53 Å². The number of aliphatic hydroxyl groups excluding tert-OH is 1. The van der Waals surface area contributed by atoms with E-state index < -0.39 is 29.5 Å². The molecule has 3 N–H and O–H groups in total. The van der Waals surface area contributed by atoms with Crippen molar-refractivity contribution < 1.29 is 19.7 Å². The highest BCUT2D eigenvalue weighted by Gasteiger charge is 2.28. The largest absolute Gasteiger partial charge is 0.390 e. The molecule has 0 aromatic carbocycles. The number of ether oxygens (including phenoxy) is 1. The summed E-state index contributed by atoms with van der Waals surface area (Å²) in [5.41, 5.74) is -1.67. The molecule has 1 fully saturated rings. The topological polar surface area (TPSA) is 114 Å². The zero-order valence-electron chi connectivity index (χ0n) is 13.5. The molecule has 1 aromatic rings. The predicted octanol–water partition coefficient (Wildman–Crippen LogP) is 0.401. The van der Waals surface area contributed by atoms with Crippen LogP contribution in [0.15, 0.2) is 17.1 Å². The molecule has 1 saturated heterocycles. The number of nitrogens with zero attached hydrogens (tertiary/aromatic N) is 2. The quantitative estimate of drug-likeness (QED) is 0.738. The number of carbonyl (C=O) groups is 1. The van der Waals surface area contributed by atoms with Crippen molar-refractivity contribution >= 4 is 11.7 Å². The Morgan fingerprint density at radius 1 is 1.52 bits per heavy atom. The van der Waals surface area contributed by atoms with E-state index in [4.69, 9.17) is 4.74 Å². The van der Waals surface area contributed by atoms with E-state index in [1.165, 1.54) is 30.7 Å². The second kappa shape index (κ2) is 6.77. The fourth-order valence-electron chi connectivity index (χ4n) is 2.44. The molecule has 2 heterocycles. The smallest absolute Gasteiger partial charge is 0.351 e. The molecule has 1 amide bonds. The van der Waals surface area contributed by atoms with Crippen molar-refractivity contribution in [3.63, 3.8) is 0 Å². The summed E-state index contributed by atoms with van der Waals surface area (Å²) in [5, 5.41) is 21.7. The summed E-state index contributed by atoms with van der Waals surface area (Å²) in [6.45, 7) is 4.79. The molecule has 128 valence electrons. The normalized spacial score (nSPS) is 25.2. The summed E-state index contributed by atoms with van der Waals surface area (Å²) in [4.78, 5) is 27.6. The van der Waals surface area contributed by atoms with E-state index in [9.17, 15) is 19.8 Å². The summed E-state index contributed by atoms with van der Waals surface area (Å²) in [7, 11) is 0. The number of anilines is 1. The van der Waals surface area contributed by atoms with E-state index in [2.05, 4.69) is 10.3 Å². The molecule has 0 aliphatic carbocycles. The van der Waals surface area contributed by atoms with Gasteiger partial charge in [-0.15, -0.1) is 0 Å². The summed E-state index contributed by atoms with van der Waals surface area (Å²) in [6.07, 6.45) is 1.10. The average molecular weight is 325 g/mol.